The molecular formula is C22H34O8. The highest BCUT2D eigenvalue weighted by molar-refractivity contribution is 5.89. The van der Waals surface area contributed by atoms with Gasteiger partial charge < -0.3 is 33.2 Å². The fourth-order valence-corrected chi connectivity index (χ4v) is 2.12. The maximum Gasteiger partial charge on any atom is 0.338 e. The van der Waals surface area contributed by atoms with Crippen LogP contribution in [0.1, 0.15) is 10.4 Å². The number of esters is 1. The molecule has 30 heavy (non-hydrogen) atoms. The highest BCUT2D eigenvalue weighted by Gasteiger charge is 2.04. The lowest BCUT2D eigenvalue weighted by atomic mass is 10.2. The highest BCUT2D eigenvalue weighted by Crippen LogP contribution is 2.00. The Bertz CT molecular complexity index is 523. The van der Waals surface area contributed by atoms with E-state index in [1.165, 1.54) is 0 Å². The molecule has 1 aromatic carbocycles. The molecule has 8 nitrogen and oxygen atoms in total. The number of ether oxygens (including phenoxy) is 7. The summed E-state index contributed by atoms with van der Waals surface area (Å²) in [5.41, 5.74) is 0.532. The van der Waals surface area contributed by atoms with E-state index in [2.05, 4.69) is 6.58 Å². The Balaban J connectivity index is 1.72. The summed E-state index contributed by atoms with van der Waals surface area (Å²) in [6.07, 6.45) is 1.71. The van der Waals surface area contributed by atoms with Gasteiger partial charge in [0.25, 0.3) is 0 Å². The largest absolute Gasteiger partial charge is 0.460 e. The highest BCUT2D eigenvalue weighted by atomic mass is 16.6. The van der Waals surface area contributed by atoms with Crippen LogP contribution in [0.25, 0.3) is 0 Å². The first-order chi connectivity index (χ1) is 14.8. The number of carbonyl (C=O) groups is 1. The molecule has 0 spiro atoms. The van der Waals surface area contributed by atoms with E-state index in [0.29, 0.717) is 84.8 Å². The molecule has 0 heterocycles. The van der Waals surface area contributed by atoms with Gasteiger partial charge in [-0.1, -0.05) is 24.3 Å². The van der Waals surface area contributed by atoms with Gasteiger partial charge in [-0.3, -0.25) is 0 Å². The Kier molecular flexibility index (Phi) is 17.9. The molecule has 0 N–H and O–H groups in total. The molecule has 0 aliphatic heterocycles. The van der Waals surface area contributed by atoms with Crippen LogP contribution in [-0.4, -0.2) is 91.9 Å². The minimum atomic E-state index is -0.349. The number of hydrogen-bond donors (Lipinski definition) is 0. The first-order valence-electron chi connectivity index (χ1n) is 10.1. The van der Waals surface area contributed by atoms with Crippen LogP contribution >= 0.6 is 0 Å². The molecule has 0 bridgehead atoms. The third-order valence-corrected chi connectivity index (χ3v) is 3.57. The first-order valence-corrected chi connectivity index (χ1v) is 10.1. The number of benzene rings is 1. The van der Waals surface area contributed by atoms with E-state index in [4.69, 9.17) is 33.2 Å². The lowest BCUT2D eigenvalue weighted by Gasteiger charge is -2.08. The van der Waals surface area contributed by atoms with Crippen molar-refractivity contribution < 1.29 is 38.0 Å². The van der Waals surface area contributed by atoms with Crippen LogP contribution < -0.4 is 0 Å². The molecule has 0 aliphatic carbocycles. The standard InChI is InChI=1S/C22H34O8/c1-2-8-24-9-10-25-11-12-26-13-14-27-15-16-28-17-18-29-19-20-30-22(23)21-6-4-3-5-7-21/h2-7H,1,8-20H2. The molecule has 8 heteroatoms. The maximum absolute atomic E-state index is 11.7. The van der Waals surface area contributed by atoms with Crippen LogP contribution in [0.4, 0.5) is 0 Å². The van der Waals surface area contributed by atoms with E-state index in [9.17, 15) is 4.79 Å². The summed E-state index contributed by atoms with van der Waals surface area (Å²) in [4.78, 5) is 11.7. The fraction of sp³-hybridized carbons (Fsp3) is 0.591. The van der Waals surface area contributed by atoms with Crippen LogP contribution in [0.5, 0.6) is 0 Å². The Morgan fingerprint density at radius 2 is 1.03 bits per heavy atom. The molecule has 0 atom stereocenters. The van der Waals surface area contributed by atoms with Gasteiger partial charge in [-0.2, -0.15) is 0 Å². The third-order valence-electron chi connectivity index (χ3n) is 3.57. The second-order valence-corrected chi connectivity index (χ2v) is 5.93. The van der Waals surface area contributed by atoms with Crippen LogP contribution in [-0.2, 0) is 33.2 Å². The van der Waals surface area contributed by atoms with Crippen molar-refractivity contribution in [3.63, 3.8) is 0 Å². The van der Waals surface area contributed by atoms with Gasteiger partial charge in [0, 0.05) is 0 Å². The van der Waals surface area contributed by atoms with E-state index in [1.54, 1.807) is 30.3 Å². The van der Waals surface area contributed by atoms with E-state index in [0.717, 1.165) is 0 Å². The SMILES string of the molecule is C=CCOCCOCCOCCOCCOCCOCCOC(=O)c1ccccc1. The van der Waals surface area contributed by atoms with Gasteiger partial charge in [-0.05, 0) is 12.1 Å². The van der Waals surface area contributed by atoms with E-state index in [1.807, 2.05) is 6.07 Å². The van der Waals surface area contributed by atoms with Crippen LogP contribution in [0, 0.1) is 0 Å². The van der Waals surface area contributed by atoms with Crippen molar-refractivity contribution in [2.45, 2.75) is 0 Å². The summed E-state index contributed by atoms with van der Waals surface area (Å²) in [6.45, 7) is 9.72. The van der Waals surface area contributed by atoms with Crippen molar-refractivity contribution in [1.29, 1.82) is 0 Å². The zero-order valence-electron chi connectivity index (χ0n) is 17.6. The summed E-state index contributed by atoms with van der Waals surface area (Å²) in [5, 5.41) is 0. The molecule has 0 aromatic heterocycles. The lowest BCUT2D eigenvalue weighted by molar-refractivity contribution is -0.0185. The van der Waals surface area contributed by atoms with Crippen molar-refractivity contribution in [1.82, 2.24) is 0 Å². The smallest absolute Gasteiger partial charge is 0.338 e. The minimum absolute atomic E-state index is 0.213. The number of hydrogen-bond acceptors (Lipinski definition) is 8. The molecule has 0 aliphatic rings. The van der Waals surface area contributed by atoms with Gasteiger partial charge in [0.2, 0.25) is 0 Å². The molecule has 0 fully saturated rings. The predicted molar refractivity (Wildman–Crippen MR) is 112 cm³/mol. The van der Waals surface area contributed by atoms with Gasteiger partial charge in [0.05, 0.1) is 84.8 Å². The van der Waals surface area contributed by atoms with Crippen LogP contribution in [0.3, 0.4) is 0 Å². The molecule has 1 aromatic rings. The monoisotopic (exact) mass is 426 g/mol. The normalized spacial score (nSPS) is 10.8. The van der Waals surface area contributed by atoms with Gasteiger partial charge in [-0.25, -0.2) is 4.79 Å². The first kappa shape index (κ1) is 26.2. The Hall–Kier alpha value is -1.81. The van der Waals surface area contributed by atoms with E-state index >= 15 is 0 Å². The summed E-state index contributed by atoms with van der Waals surface area (Å²) in [7, 11) is 0. The fourth-order valence-electron chi connectivity index (χ4n) is 2.12. The topological polar surface area (TPSA) is 81.7 Å². The van der Waals surface area contributed by atoms with Crippen molar-refractivity contribution in [2.24, 2.45) is 0 Å². The second kappa shape index (κ2) is 20.5. The van der Waals surface area contributed by atoms with Crippen LogP contribution in [0.2, 0.25) is 0 Å². The molecule has 0 saturated carbocycles. The van der Waals surface area contributed by atoms with Crippen molar-refractivity contribution >= 4 is 5.97 Å². The number of rotatable bonds is 21. The van der Waals surface area contributed by atoms with E-state index < -0.39 is 0 Å². The molecule has 1 rings (SSSR count). The summed E-state index contributed by atoms with van der Waals surface area (Å²) < 4.78 is 37.2. The Morgan fingerprint density at radius 3 is 1.47 bits per heavy atom. The molecular weight excluding hydrogens is 392 g/mol. The summed E-state index contributed by atoms with van der Waals surface area (Å²) in [5.74, 6) is -0.349. The predicted octanol–water partition coefficient (Wildman–Crippen LogP) is 2.13. The average Bonchev–Trinajstić information content (AvgIpc) is 2.78. The second-order valence-electron chi connectivity index (χ2n) is 5.93. The van der Waals surface area contributed by atoms with Crippen molar-refractivity contribution in [3.05, 3.63) is 48.6 Å². The van der Waals surface area contributed by atoms with Crippen molar-refractivity contribution in [3.8, 4) is 0 Å². The van der Waals surface area contributed by atoms with Crippen LogP contribution in [0.15, 0.2) is 43.0 Å². The van der Waals surface area contributed by atoms with Crippen molar-refractivity contribution in [2.75, 3.05) is 85.9 Å². The molecule has 170 valence electrons. The van der Waals surface area contributed by atoms with E-state index in [-0.39, 0.29) is 12.6 Å². The molecule has 0 saturated heterocycles. The average molecular weight is 427 g/mol. The molecule has 0 unspecified atom stereocenters. The maximum atomic E-state index is 11.7. The molecule has 0 amide bonds. The van der Waals surface area contributed by atoms with Gasteiger partial charge >= 0.3 is 5.97 Å². The summed E-state index contributed by atoms with van der Waals surface area (Å²) in [6, 6.07) is 8.86. The Morgan fingerprint density at radius 1 is 0.633 bits per heavy atom. The van der Waals surface area contributed by atoms with Gasteiger partial charge in [0.1, 0.15) is 6.61 Å². The molecule has 0 radical (unpaired) electrons. The van der Waals surface area contributed by atoms with Gasteiger partial charge in [0.15, 0.2) is 0 Å². The zero-order valence-corrected chi connectivity index (χ0v) is 17.6. The lowest BCUT2D eigenvalue weighted by Crippen LogP contribution is -2.15. The zero-order chi connectivity index (χ0) is 21.5. The van der Waals surface area contributed by atoms with Gasteiger partial charge in [-0.15, -0.1) is 6.58 Å². The number of carbonyl (C=O) groups excluding carboxylic acids is 1. The summed E-state index contributed by atoms with van der Waals surface area (Å²) >= 11 is 0. The quantitative estimate of drug-likeness (QED) is 0.168. The third kappa shape index (κ3) is 16.0. The Labute approximate surface area is 179 Å². The minimum Gasteiger partial charge on any atom is -0.460 e.